The topological polar surface area (TPSA) is 52.5 Å². The van der Waals surface area contributed by atoms with Gasteiger partial charge < -0.3 is 15.5 Å². The molecule has 0 fully saturated rings. The second-order valence-electron chi connectivity index (χ2n) is 3.34. The molecular formula is C11H17NO2. The van der Waals surface area contributed by atoms with Crippen molar-refractivity contribution in [1.82, 2.24) is 5.32 Å². The van der Waals surface area contributed by atoms with Crippen LogP contribution in [0.25, 0.3) is 0 Å². The molecule has 0 aliphatic carbocycles. The lowest BCUT2D eigenvalue weighted by Crippen LogP contribution is -2.14. The maximum Gasteiger partial charge on any atom is 0.123 e. The summed E-state index contributed by atoms with van der Waals surface area (Å²) in [7, 11) is 0. The molecule has 1 aromatic rings. The first-order chi connectivity index (χ1) is 6.74. The van der Waals surface area contributed by atoms with Gasteiger partial charge in [-0.1, -0.05) is 19.4 Å². The predicted molar refractivity (Wildman–Crippen MR) is 56.4 cm³/mol. The standard InChI is InChI=1S/C11H17NO2/c1-2-3-6-12-8-9-4-5-10(13)7-11(9)14/h4-5,7,12-14H,2-3,6,8H2,1H3. The smallest absolute Gasteiger partial charge is 0.123 e. The molecule has 0 saturated heterocycles. The van der Waals surface area contributed by atoms with Gasteiger partial charge in [-0.2, -0.15) is 0 Å². The lowest BCUT2D eigenvalue weighted by atomic mass is 10.2. The fourth-order valence-corrected chi connectivity index (χ4v) is 1.23. The lowest BCUT2D eigenvalue weighted by molar-refractivity contribution is 0.443. The van der Waals surface area contributed by atoms with Crippen molar-refractivity contribution in [1.29, 1.82) is 0 Å². The molecule has 0 aliphatic heterocycles. The molecule has 1 rings (SSSR count). The highest BCUT2D eigenvalue weighted by atomic mass is 16.3. The summed E-state index contributed by atoms with van der Waals surface area (Å²) < 4.78 is 0. The van der Waals surface area contributed by atoms with Crippen LogP contribution in [0.15, 0.2) is 18.2 Å². The number of unbranched alkanes of at least 4 members (excludes halogenated alkanes) is 1. The van der Waals surface area contributed by atoms with E-state index in [0.717, 1.165) is 24.9 Å². The average Bonchev–Trinajstić information content (AvgIpc) is 2.15. The number of nitrogens with one attached hydrogen (secondary N) is 1. The molecule has 0 aliphatic rings. The van der Waals surface area contributed by atoms with Crippen molar-refractivity contribution >= 4 is 0 Å². The van der Waals surface area contributed by atoms with Gasteiger partial charge in [-0.25, -0.2) is 0 Å². The Kier molecular flexibility index (Phi) is 4.26. The van der Waals surface area contributed by atoms with E-state index < -0.39 is 0 Å². The Morgan fingerprint density at radius 3 is 2.71 bits per heavy atom. The van der Waals surface area contributed by atoms with Crippen LogP contribution in [0.3, 0.4) is 0 Å². The number of hydrogen-bond acceptors (Lipinski definition) is 3. The van der Waals surface area contributed by atoms with Gasteiger partial charge in [0.2, 0.25) is 0 Å². The highest BCUT2D eigenvalue weighted by Crippen LogP contribution is 2.22. The summed E-state index contributed by atoms with van der Waals surface area (Å²) in [5.74, 6) is 0.244. The van der Waals surface area contributed by atoms with Crippen molar-refractivity contribution < 1.29 is 10.2 Å². The molecule has 3 nitrogen and oxygen atoms in total. The molecule has 1 aromatic carbocycles. The van der Waals surface area contributed by atoms with Crippen LogP contribution in [0.1, 0.15) is 25.3 Å². The summed E-state index contributed by atoms with van der Waals surface area (Å²) >= 11 is 0. The second-order valence-corrected chi connectivity index (χ2v) is 3.34. The molecule has 0 atom stereocenters. The molecule has 0 radical (unpaired) electrons. The molecule has 0 bridgehead atoms. The molecule has 0 saturated carbocycles. The monoisotopic (exact) mass is 195 g/mol. The highest BCUT2D eigenvalue weighted by Gasteiger charge is 2.00. The normalized spacial score (nSPS) is 10.4. The molecule has 3 heteroatoms. The third-order valence-electron chi connectivity index (χ3n) is 2.09. The van der Waals surface area contributed by atoms with Gasteiger partial charge in [0.05, 0.1) is 0 Å². The van der Waals surface area contributed by atoms with Crippen molar-refractivity contribution in [2.75, 3.05) is 6.54 Å². The van der Waals surface area contributed by atoms with E-state index >= 15 is 0 Å². The summed E-state index contributed by atoms with van der Waals surface area (Å²) in [6.45, 7) is 3.74. The number of aromatic hydroxyl groups is 2. The minimum atomic E-state index is 0.0970. The van der Waals surface area contributed by atoms with Crippen LogP contribution < -0.4 is 5.32 Å². The number of phenolic OH excluding ortho intramolecular Hbond substituents is 2. The van der Waals surface area contributed by atoms with Gasteiger partial charge >= 0.3 is 0 Å². The lowest BCUT2D eigenvalue weighted by Gasteiger charge is -2.06. The van der Waals surface area contributed by atoms with Crippen LogP contribution in [0.4, 0.5) is 0 Å². The van der Waals surface area contributed by atoms with Gasteiger partial charge in [0.15, 0.2) is 0 Å². The molecule has 0 heterocycles. The molecule has 0 spiro atoms. The Morgan fingerprint density at radius 1 is 1.29 bits per heavy atom. The van der Waals surface area contributed by atoms with Crippen LogP contribution in [-0.2, 0) is 6.54 Å². The minimum Gasteiger partial charge on any atom is -0.508 e. The Labute approximate surface area is 84.4 Å². The Hall–Kier alpha value is -1.22. The van der Waals surface area contributed by atoms with E-state index in [1.54, 1.807) is 12.1 Å². The van der Waals surface area contributed by atoms with E-state index in [9.17, 15) is 5.11 Å². The third-order valence-corrected chi connectivity index (χ3v) is 2.09. The van der Waals surface area contributed by atoms with Crippen LogP contribution in [0.5, 0.6) is 11.5 Å². The molecule has 78 valence electrons. The van der Waals surface area contributed by atoms with E-state index in [1.165, 1.54) is 6.07 Å². The van der Waals surface area contributed by atoms with E-state index in [-0.39, 0.29) is 11.5 Å². The number of rotatable bonds is 5. The van der Waals surface area contributed by atoms with Crippen molar-refractivity contribution in [3.05, 3.63) is 23.8 Å². The largest absolute Gasteiger partial charge is 0.508 e. The maximum absolute atomic E-state index is 9.45. The fraction of sp³-hybridized carbons (Fsp3) is 0.455. The highest BCUT2D eigenvalue weighted by molar-refractivity contribution is 5.38. The van der Waals surface area contributed by atoms with E-state index in [0.29, 0.717) is 6.54 Å². The quantitative estimate of drug-likeness (QED) is 0.630. The SMILES string of the molecule is CCCCNCc1ccc(O)cc1O. The predicted octanol–water partition coefficient (Wildman–Crippen LogP) is 1.99. The van der Waals surface area contributed by atoms with Crippen LogP contribution in [-0.4, -0.2) is 16.8 Å². The summed E-state index contributed by atoms with van der Waals surface area (Å²) in [6.07, 6.45) is 2.30. The molecule has 0 aromatic heterocycles. The third kappa shape index (κ3) is 3.26. The van der Waals surface area contributed by atoms with Crippen molar-refractivity contribution in [2.45, 2.75) is 26.3 Å². The zero-order chi connectivity index (χ0) is 10.4. The zero-order valence-electron chi connectivity index (χ0n) is 8.45. The van der Waals surface area contributed by atoms with Gasteiger partial charge in [0.25, 0.3) is 0 Å². The zero-order valence-corrected chi connectivity index (χ0v) is 8.45. The Balaban J connectivity index is 2.42. The van der Waals surface area contributed by atoms with E-state index in [4.69, 9.17) is 5.11 Å². The number of phenols is 2. The number of benzene rings is 1. The molecular weight excluding hydrogens is 178 g/mol. The van der Waals surface area contributed by atoms with Crippen LogP contribution in [0.2, 0.25) is 0 Å². The van der Waals surface area contributed by atoms with Crippen molar-refractivity contribution in [2.24, 2.45) is 0 Å². The van der Waals surface area contributed by atoms with E-state index in [2.05, 4.69) is 12.2 Å². The summed E-state index contributed by atoms with van der Waals surface area (Å²) in [5.41, 5.74) is 0.818. The minimum absolute atomic E-state index is 0.0970. The van der Waals surface area contributed by atoms with Crippen LogP contribution >= 0.6 is 0 Å². The number of hydrogen-bond donors (Lipinski definition) is 3. The van der Waals surface area contributed by atoms with Crippen molar-refractivity contribution in [3.8, 4) is 11.5 Å². The van der Waals surface area contributed by atoms with Gasteiger partial charge in [0.1, 0.15) is 11.5 Å². The Bertz CT molecular complexity index is 287. The summed E-state index contributed by atoms with van der Waals surface area (Å²) in [6, 6.07) is 4.66. The van der Waals surface area contributed by atoms with E-state index in [1.807, 2.05) is 0 Å². The first kappa shape index (κ1) is 10.9. The molecule has 3 N–H and O–H groups in total. The van der Waals surface area contributed by atoms with Gasteiger partial charge in [-0.15, -0.1) is 0 Å². The fourth-order valence-electron chi connectivity index (χ4n) is 1.23. The van der Waals surface area contributed by atoms with Gasteiger partial charge in [-0.3, -0.25) is 0 Å². The maximum atomic E-state index is 9.45. The average molecular weight is 195 g/mol. The summed E-state index contributed by atoms with van der Waals surface area (Å²) in [5, 5.41) is 21.7. The second kappa shape index (κ2) is 5.50. The first-order valence-electron chi connectivity index (χ1n) is 4.95. The summed E-state index contributed by atoms with van der Waals surface area (Å²) in [4.78, 5) is 0. The van der Waals surface area contributed by atoms with Crippen molar-refractivity contribution in [3.63, 3.8) is 0 Å². The van der Waals surface area contributed by atoms with Crippen LogP contribution in [0, 0.1) is 0 Å². The Morgan fingerprint density at radius 2 is 2.07 bits per heavy atom. The van der Waals surface area contributed by atoms with Gasteiger partial charge in [0, 0.05) is 18.2 Å². The first-order valence-corrected chi connectivity index (χ1v) is 4.95. The van der Waals surface area contributed by atoms with Gasteiger partial charge in [-0.05, 0) is 19.0 Å². The molecule has 0 amide bonds. The molecule has 0 unspecified atom stereocenters. The molecule has 14 heavy (non-hydrogen) atoms.